The largest absolute Gasteiger partial charge is 0.494 e. The molecule has 0 aromatic heterocycles. The SMILES string of the molecule is CCCOc1ccc(C2NC(=S)NC(C)=C2C(=O)OCC(C)C)cc1. The zero-order valence-corrected chi connectivity index (χ0v) is 16.0. The molecule has 1 unspecified atom stereocenters. The Bertz CT molecular complexity index is 653. The normalized spacial score (nSPS) is 17.2. The van der Waals surface area contributed by atoms with Crippen molar-refractivity contribution >= 4 is 23.3 Å². The van der Waals surface area contributed by atoms with Crippen LogP contribution in [0.1, 0.15) is 45.7 Å². The van der Waals surface area contributed by atoms with Gasteiger partial charge in [-0.05, 0) is 49.2 Å². The molecule has 136 valence electrons. The Morgan fingerprint density at radius 3 is 2.56 bits per heavy atom. The molecule has 6 heteroatoms. The lowest BCUT2D eigenvalue weighted by Gasteiger charge is -2.30. The van der Waals surface area contributed by atoms with Crippen molar-refractivity contribution in [1.29, 1.82) is 0 Å². The molecule has 1 aliphatic rings. The quantitative estimate of drug-likeness (QED) is 0.572. The molecule has 1 aromatic carbocycles. The van der Waals surface area contributed by atoms with Gasteiger partial charge in [0, 0.05) is 5.70 Å². The Balaban J connectivity index is 2.24. The first-order valence-electron chi connectivity index (χ1n) is 8.60. The number of ether oxygens (including phenoxy) is 2. The molecule has 25 heavy (non-hydrogen) atoms. The highest BCUT2D eigenvalue weighted by Gasteiger charge is 2.31. The zero-order chi connectivity index (χ0) is 18.4. The van der Waals surface area contributed by atoms with Crippen LogP contribution in [0.25, 0.3) is 0 Å². The van der Waals surface area contributed by atoms with Crippen LogP contribution < -0.4 is 15.4 Å². The molecule has 5 nitrogen and oxygen atoms in total. The fourth-order valence-electron chi connectivity index (χ4n) is 2.51. The highest BCUT2D eigenvalue weighted by molar-refractivity contribution is 7.80. The molecule has 2 rings (SSSR count). The summed E-state index contributed by atoms with van der Waals surface area (Å²) in [5.74, 6) is 0.764. The van der Waals surface area contributed by atoms with E-state index in [2.05, 4.69) is 17.6 Å². The third-order valence-corrected chi connectivity index (χ3v) is 3.94. The van der Waals surface area contributed by atoms with Crippen molar-refractivity contribution in [3.05, 3.63) is 41.1 Å². The Labute approximate surface area is 154 Å². The van der Waals surface area contributed by atoms with E-state index in [1.807, 2.05) is 45.0 Å². The lowest BCUT2D eigenvalue weighted by molar-refractivity contribution is -0.140. The standard InChI is InChI=1S/C19H26N2O3S/c1-5-10-23-15-8-6-14(7-9-15)17-16(13(4)20-19(25)21-17)18(22)24-11-12(2)3/h6-9,12,17H,5,10-11H2,1-4H3,(H2,20,21,25). The molecule has 1 aliphatic heterocycles. The second-order valence-corrected chi connectivity index (χ2v) is 6.89. The van der Waals surface area contributed by atoms with Crippen LogP contribution in [0.4, 0.5) is 0 Å². The number of hydrogen-bond donors (Lipinski definition) is 2. The molecular weight excluding hydrogens is 336 g/mol. The van der Waals surface area contributed by atoms with Crippen LogP contribution in [0.3, 0.4) is 0 Å². The van der Waals surface area contributed by atoms with Gasteiger partial charge in [-0.15, -0.1) is 0 Å². The molecule has 0 spiro atoms. The Hall–Kier alpha value is -2.08. The lowest BCUT2D eigenvalue weighted by Crippen LogP contribution is -2.45. The number of carbonyl (C=O) groups is 1. The highest BCUT2D eigenvalue weighted by Crippen LogP contribution is 2.29. The number of hydrogen-bond acceptors (Lipinski definition) is 4. The Kier molecular flexibility index (Phi) is 6.82. The van der Waals surface area contributed by atoms with Gasteiger partial charge >= 0.3 is 5.97 Å². The molecule has 0 bridgehead atoms. The smallest absolute Gasteiger partial charge is 0.338 e. The van der Waals surface area contributed by atoms with Crippen LogP contribution in [-0.2, 0) is 9.53 Å². The average Bonchev–Trinajstić information content (AvgIpc) is 2.57. The van der Waals surface area contributed by atoms with Crippen molar-refractivity contribution in [3.63, 3.8) is 0 Å². The second-order valence-electron chi connectivity index (χ2n) is 6.48. The van der Waals surface area contributed by atoms with Crippen LogP contribution in [-0.4, -0.2) is 24.3 Å². The maximum atomic E-state index is 12.6. The summed E-state index contributed by atoms with van der Waals surface area (Å²) in [6.45, 7) is 8.99. The number of nitrogens with one attached hydrogen (secondary N) is 2. The minimum Gasteiger partial charge on any atom is -0.494 e. The molecule has 0 amide bonds. The van der Waals surface area contributed by atoms with Crippen LogP contribution >= 0.6 is 12.2 Å². The van der Waals surface area contributed by atoms with Crippen molar-refractivity contribution in [2.45, 2.75) is 40.2 Å². The molecule has 0 aliphatic carbocycles. The molecule has 0 fully saturated rings. The molecular formula is C19H26N2O3S. The van der Waals surface area contributed by atoms with Gasteiger partial charge in [0.15, 0.2) is 5.11 Å². The van der Waals surface area contributed by atoms with Gasteiger partial charge in [-0.2, -0.15) is 0 Å². The molecule has 1 heterocycles. The van der Waals surface area contributed by atoms with E-state index in [1.165, 1.54) is 0 Å². The van der Waals surface area contributed by atoms with Crippen LogP contribution in [0.2, 0.25) is 0 Å². The maximum absolute atomic E-state index is 12.6. The van der Waals surface area contributed by atoms with E-state index in [9.17, 15) is 4.79 Å². The molecule has 0 saturated heterocycles. The predicted octanol–water partition coefficient (Wildman–Crippen LogP) is 3.47. The van der Waals surface area contributed by atoms with E-state index in [4.69, 9.17) is 21.7 Å². The van der Waals surface area contributed by atoms with E-state index < -0.39 is 0 Å². The fourth-order valence-corrected chi connectivity index (χ4v) is 2.78. The minimum absolute atomic E-state index is 0.281. The Morgan fingerprint density at radius 2 is 1.96 bits per heavy atom. The van der Waals surface area contributed by atoms with Crippen molar-refractivity contribution in [2.24, 2.45) is 5.92 Å². The average molecular weight is 362 g/mol. The summed E-state index contributed by atoms with van der Waals surface area (Å²) in [6, 6.07) is 7.36. The van der Waals surface area contributed by atoms with Gasteiger partial charge in [-0.25, -0.2) is 4.79 Å². The van der Waals surface area contributed by atoms with Gasteiger partial charge in [0.25, 0.3) is 0 Å². The first kappa shape index (κ1) is 19.2. The fraction of sp³-hybridized carbons (Fsp3) is 0.474. The molecule has 0 radical (unpaired) electrons. The summed E-state index contributed by atoms with van der Waals surface area (Å²) in [4.78, 5) is 12.6. The zero-order valence-electron chi connectivity index (χ0n) is 15.2. The van der Waals surface area contributed by atoms with Gasteiger partial charge in [0.2, 0.25) is 0 Å². The third-order valence-electron chi connectivity index (χ3n) is 3.72. The Morgan fingerprint density at radius 1 is 1.28 bits per heavy atom. The van der Waals surface area contributed by atoms with Gasteiger partial charge in [-0.3, -0.25) is 0 Å². The third kappa shape index (κ3) is 5.19. The summed E-state index contributed by atoms with van der Waals surface area (Å²) in [5.41, 5.74) is 2.20. The first-order valence-corrected chi connectivity index (χ1v) is 9.01. The van der Waals surface area contributed by atoms with Crippen molar-refractivity contribution in [2.75, 3.05) is 13.2 Å². The number of esters is 1. The number of benzene rings is 1. The second kappa shape index (κ2) is 8.85. The number of thiocarbonyl (C=S) groups is 1. The number of allylic oxidation sites excluding steroid dienone is 1. The predicted molar refractivity (Wildman–Crippen MR) is 102 cm³/mol. The summed E-state index contributed by atoms with van der Waals surface area (Å²) in [6.07, 6.45) is 0.958. The maximum Gasteiger partial charge on any atom is 0.338 e. The van der Waals surface area contributed by atoms with Crippen LogP contribution in [0.5, 0.6) is 5.75 Å². The summed E-state index contributed by atoms with van der Waals surface area (Å²) >= 11 is 5.26. The topological polar surface area (TPSA) is 59.6 Å². The minimum atomic E-state index is -0.339. The van der Waals surface area contributed by atoms with Crippen molar-refractivity contribution < 1.29 is 14.3 Å². The molecule has 1 atom stereocenters. The van der Waals surface area contributed by atoms with E-state index >= 15 is 0 Å². The van der Waals surface area contributed by atoms with Gasteiger partial charge in [-0.1, -0.05) is 32.9 Å². The van der Waals surface area contributed by atoms with E-state index in [0.29, 0.717) is 29.6 Å². The van der Waals surface area contributed by atoms with Crippen molar-refractivity contribution in [3.8, 4) is 5.75 Å². The van der Waals surface area contributed by atoms with E-state index in [-0.39, 0.29) is 17.9 Å². The number of carbonyl (C=O) groups excluding carboxylic acids is 1. The van der Waals surface area contributed by atoms with E-state index in [0.717, 1.165) is 17.7 Å². The van der Waals surface area contributed by atoms with E-state index in [1.54, 1.807) is 0 Å². The summed E-state index contributed by atoms with van der Waals surface area (Å²) in [5, 5.41) is 6.67. The van der Waals surface area contributed by atoms with Crippen LogP contribution in [0.15, 0.2) is 35.5 Å². The van der Waals surface area contributed by atoms with Gasteiger partial charge in [0.05, 0.1) is 24.8 Å². The molecule has 1 aromatic rings. The monoisotopic (exact) mass is 362 g/mol. The van der Waals surface area contributed by atoms with Gasteiger partial charge < -0.3 is 20.1 Å². The molecule has 2 N–H and O–H groups in total. The number of rotatable bonds is 7. The molecule has 0 saturated carbocycles. The summed E-state index contributed by atoms with van der Waals surface area (Å²) < 4.78 is 11.0. The van der Waals surface area contributed by atoms with Crippen LogP contribution in [0, 0.1) is 5.92 Å². The highest BCUT2D eigenvalue weighted by atomic mass is 32.1. The van der Waals surface area contributed by atoms with Crippen molar-refractivity contribution in [1.82, 2.24) is 10.6 Å². The first-order chi connectivity index (χ1) is 11.9. The lowest BCUT2D eigenvalue weighted by atomic mass is 9.95. The van der Waals surface area contributed by atoms with Gasteiger partial charge in [0.1, 0.15) is 5.75 Å². The summed E-state index contributed by atoms with van der Waals surface area (Å²) in [7, 11) is 0.